The molecule has 0 aliphatic carbocycles. The first-order chi connectivity index (χ1) is 12.5. The summed E-state index contributed by atoms with van der Waals surface area (Å²) in [5.41, 5.74) is 0.651. The van der Waals surface area contributed by atoms with Crippen molar-refractivity contribution in [3.63, 3.8) is 0 Å². The van der Waals surface area contributed by atoms with E-state index in [-0.39, 0.29) is 0 Å². The number of nitrogens with one attached hydrogen (secondary N) is 1. The molecule has 0 bridgehead atoms. The van der Waals surface area contributed by atoms with E-state index in [0.29, 0.717) is 16.3 Å². The highest BCUT2D eigenvalue weighted by molar-refractivity contribution is 7.15. The molecule has 1 aliphatic rings. The van der Waals surface area contributed by atoms with Gasteiger partial charge in [-0.2, -0.15) is 0 Å². The van der Waals surface area contributed by atoms with E-state index in [9.17, 15) is 14.4 Å². The molecule has 1 aromatic carbocycles. The molecule has 7 nitrogen and oxygen atoms in total. The van der Waals surface area contributed by atoms with Gasteiger partial charge < -0.3 is 0 Å². The molecule has 1 aromatic heterocycles. The third-order valence-corrected chi connectivity index (χ3v) is 5.18. The molecule has 3 amide bonds. The topological polar surface area (TPSA) is 92.3 Å². The fourth-order valence-corrected chi connectivity index (χ4v) is 3.60. The predicted molar refractivity (Wildman–Crippen MR) is 98.2 cm³/mol. The fraction of sp³-hybridized carbons (Fsp3) is 0.389. The minimum Gasteiger partial charge on any atom is -0.299 e. The number of amides is 3. The van der Waals surface area contributed by atoms with Crippen LogP contribution in [-0.4, -0.2) is 38.9 Å². The number of aryl methyl sites for hydroxylation is 1. The van der Waals surface area contributed by atoms with Gasteiger partial charge in [-0.25, -0.2) is 0 Å². The Bertz CT molecular complexity index is 813. The van der Waals surface area contributed by atoms with Crippen LogP contribution in [0.1, 0.15) is 58.8 Å². The molecule has 0 radical (unpaired) electrons. The molecule has 1 aliphatic heterocycles. The number of nitrogens with zero attached hydrogens (tertiary/aromatic N) is 3. The lowest BCUT2D eigenvalue weighted by Crippen LogP contribution is -2.45. The van der Waals surface area contributed by atoms with Gasteiger partial charge >= 0.3 is 0 Å². The molecule has 0 spiro atoms. The number of hydrogen-bond acceptors (Lipinski definition) is 6. The van der Waals surface area contributed by atoms with Crippen molar-refractivity contribution in [2.45, 2.75) is 45.6 Å². The van der Waals surface area contributed by atoms with Crippen molar-refractivity contribution in [2.24, 2.45) is 0 Å². The Hall–Kier alpha value is -2.61. The number of rotatable bonds is 7. The van der Waals surface area contributed by atoms with Crippen molar-refractivity contribution in [1.29, 1.82) is 0 Å². The van der Waals surface area contributed by atoms with Gasteiger partial charge in [-0.3, -0.25) is 24.6 Å². The summed E-state index contributed by atoms with van der Waals surface area (Å²) in [7, 11) is 0. The maximum Gasteiger partial charge on any atom is 0.262 e. The Morgan fingerprint density at radius 2 is 1.81 bits per heavy atom. The molecule has 1 atom stereocenters. The lowest BCUT2D eigenvalue weighted by molar-refractivity contribution is -0.119. The van der Waals surface area contributed by atoms with Crippen molar-refractivity contribution >= 4 is 34.2 Å². The van der Waals surface area contributed by atoms with Crippen LogP contribution in [0.4, 0.5) is 5.13 Å². The van der Waals surface area contributed by atoms with Crippen LogP contribution in [0.25, 0.3) is 0 Å². The van der Waals surface area contributed by atoms with Gasteiger partial charge in [-0.1, -0.05) is 43.2 Å². The highest BCUT2D eigenvalue weighted by Crippen LogP contribution is 2.25. The first-order valence-electron chi connectivity index (χ1n) is 8.63. The molecule has 0 fully saturated rings. The van der Waals surface area contributed by atoms with Crippen molar-refractivity contribution in [3.05, 3.63) is 40.4 Å². The maximum absolute atomic E-state index is 12.5. The molecule has 2 aromatic rings. The Kier molecular flexibility index (Phi) is 5.41. The Morgan fingerprint density at radius 1 is 1.15 bits per heavy atom. The normalized spacial score (nSPS) is 14.5. The van der Waals surface area contributed by atoms with E-state index in [1.165, 1.54) is 18.3 Å². The molecule has 0 saturated carbocycles. The van der Waals surface area contributed by atoms with E-state index < -0.39 is 23.8 Å². The molecule has 2 heterocycles. The number of carbonyl (C=O) groups excluding carboxylic acids is 3. The van der Waals surface area contributed by atoms with E-state index in [4.69, 9.17) is 0 Å². The number of imide groups is 1. The van der Waals surface area contributed by atoms with E-state index >= 15 is 0 Å². The second-order valence-electron chi connectivity index (χ2n) is 6.15. The third kappa shape index (κ3) is 3.50. The Morgan fingerprint density at radius 3 is 2.42 bits per heavy atom. The van der Waals surface area contributed by atoms with Crippen LogP contribution >= 0.6 is 11.3 Å². The second kappa shape index (κ2) is 7.74. The van der Waals surface area contributed by atoms with E-state index in [1.54, 1.807) is 24.3 Å². The minimum absolute atomic E-state index is 0.325. The van der Waals surface area contributed by atoms with Crippen molar-refractivity contribution in [2.75, 3.05) is 5.32 Å². The van der Waals surface area contributed by atoms with E-state index in [2.05, 4.69) is 22.4 Å². The van der Waals surface area contributed by atoms with E-state index in [1.807, 2.05) is 0 Å². The SMILES string of the molecule is CCCCCc1nnc(NC(=O)C(C)N2C(=O)c3ccccc3C2=O)s1. The summed E-state index contributed by atoms with van der Waals surface area (Å²) >= 11 is 1.32. The average Bonchev–Trinajstić information content (AvgIpc) is 3.18. The van der Waals surface area contributed by atoms with Crippen molar-refractivity contribution in [3.8, 4) is 0 Å². The fourth-order valence-electron chi connectivity index (χ4n) is 2.82. The minimum atomic E-state index is -0.935. The number of anilines is 1. The van der Waals surface area contributed by atoms with Crippen LogP contribution in [-0.2, 0) is 11.2 Å². The predicted octanol–water partition coefficient (Wildman–Crippen LogP) is 2.89. The zero-order chi connectivity index (χ0) is 18.7. The van der Waals surface area contributed by atoms with Gasteiger partial charge in [0.15, 0.2) is 0 Å². The summed E-state index contributed by atoms with van der Waals surface area (Å²) < 4.78 is 0. The highest BCUT2D eigenvalue weighted by atomic mass is 32.1. The standard InChI is InChI=1S/C18H20N4O3S/c1-3-4-5-10-14-20-21-18(26-14)19-15(23)11(2)22-16(24)12-8-6-7-9-13(12)17(22)25/h6-9,11H,3-5,10H2,1-2H3,(H,19,21,23). The molecule has 1 N–H and O–H groups in total. The van der Waals surface area contributed by atoms with Crippen molar-refractivity contribution in [1.82, 2.24) is 15.1 Å². The number of hydrogen-bond donors (Lipinski definition) is 1. The third-order valence-electron chi connectivity index (χ3n) is 4.28. The highest BCUT2D eigenvalue weighted by Gasteiger charge is 2.40. The summed E-state index contributed by atoms with van der Waals surface area (Å²) in [5.74, 6) is -1.37. The largest absolute Gasteiger partial charge is 0.299 e. The van der Waals surface area contributed by atoms with Gasteiger partial charge in [-0.15, -0.1) is 10.2 Å². The molecule has 136 valence electrons. The zero-order valence-corrected chi connectivity index (χ0v) is 15.5. The van der Waals surface area contributed by atoms with Gasteiger partial charge in [0.25, 0.3) is 11.8 Å². The second-order valence-corrected chi connectivity index (χ2v) is 7.21. The lowest BCUT2D eigenvalue weighted by Gasteiger charge is -2.20. The number of benzene rings is 1. The van der Waals surface area contributed by atoms with Gasteiger partial charge in [0.2, 0.25) is 11.0 Å². The number of carbonyl (C=O) groups is 3. The van der Waals surface area contributed by atoms with Crippen LogP contribution in [0.3, 0.4) is 0 Å². The van der Waals surface area contributed by atoms with Crippen LogP contribution < -0.4 is 5.32 Å². The van der Waals surface area contributed by atoms with Crippen LogP contribution in [0.2, 0.25) is 0 Å². The monoisotopic (exact) mass is 372 g/mol. The van der Waals surface area contributed by atoms with Gasteiger partial charge in [0.1, 0.15) is 11.0 Å². The average molecular weight is 372 g/mol. The van der Waals surface area contributed by atoms with E-state index in [0.717, 1.165) is 35.6 Å². The quantitative estimate of drug-likeness (QED) is 0.596. The van der Waals surface area contributed by atoms with Gasteiger partial charge in [-0.05, 0) is 25.5 Å². The van der Waals surface area contributed by atoms with Crippen molar-refractivity contribution < 1.29 is 14.4 Å². The van der Waals surface area contributed by atoms with Crippen LogP contribution in [0.15, 0.2) is 24.3 Å². The van der Waals surface area contributed by atoms with Gasteiger partial charge in [0.05, 0.1) is 11.1 Å². The molecular formula is C18H20N4O3S. The number of aromatic nitrogens is 2. The summed E-state index contributed by atoms with van der Waals surface area (Å²) in [4.78, 5) is 38.4. The van der Waals surface area contributed by atoms with Gasteiger partial charge in [0, 0.05) is 6.42 Å². The number of fused-ring (bicyclic) bond motifs is 1. The first kappa shape index (κ1) is 18.2. The molecule has 3 rings (SSSR count). The Labute approximate surface area is 155 Å². The summed E-state index contributed by atoms with van der Waals surface area (Å²) in [6.45, 7) is 3.66. The molecule has 0 saturated heterocycles. The van der Waals surface area contributed by atoms with Crippen LogP contribution in [0.5, 0.6) is 0 Å². The zero-order valence-electron chi connectivity index (χ0n) is 14.7. The molecule has 1 unspecified atom stereocenters. The smallest absolute Gasteiger partial charge is 0.262 e. The Balaban J connectivity index is 1.66. The van der Waals surface area contributed by atoms with Crippen LogP contribution in [0, 0.1) is 0 Å². The summed E-state index contributed by atoms with van der Waals surface area (Å²) in [5, 5.41) is 11.9. The summed E-state index contributed by atoms with van der Waals surface area (Å²) in [6, 6.07) is 5.63. The molecular weight excluding hydrogens is 352 g/mol. The number of unbranched alkanes of at least 4 members (excludes halogenated alkanes) is 2. The summed E-state index contributed by atoms with van der Waals surface area (Å²) in [6.07, 6.45) is 4.11. The first-order valence-corrected chi connectivity index (χ1v) is 9.44. The lowest BCUT2D eigenvalue weighted by atomic mass is 10.1. The molecule has 8 heteroatoms. The maximum atomic E-state index is 12.5. The molecule has 26 heavy (non-hydrogen) atoms.